The first-order valence-electron chi connectivity index (χ1n) is 10.6. The van der Waals surface area contributed by atoms with Crippen molar-refractivity contribution in [2.45, 2.75) is 20.3 Å². The average Bonchev–Trinajstić information content (AvgIpc) is 3.47. The Morgan fingerprint density at radius 2 is 2.10 bits per heavy atom. The summed E-state index contributed by atoms with van der Waals surface area (Å²) in [5.41, 5.74) is 2.46. The maximum absolute atomic E-state index is 6.21. The van der Waals surface area contributed by atoms with Gasteiger partial charge >= 0.3 is 0 Å². The van der Waals surface area contributed by atoms with Gasteiger partial charge in [-0.3, -0.25) is 10.1 Å². The Morgan fingerprint density at radius 1 is 1.26 bits per heavy atom. The molecule has 2 N–H and O–H groups in total. The largest absolute Gasteiger partial charge is 0.461 e. The molecule has 0 bridgehead atoms. The van der Waals surface area contributed by atoms with Gasteiger partial charge in [-0.25, -0.2) is 4.98 Å². The average molecular weight is 442 g/mol. The summed E-state index contributed by atoms with van der Waals surface area (Å²) in [4.78, 5) is 14.0. The molecule has 9 heteroatoms. The predicted octanol–water partition coefficient (Wildman–Crippen LogP) is 3.36. The van der Waals surface area contributed by atoms with Crippen molar-refractivity contribution in [1.29, 1.82) is 0 Å². The molecule has 0 saturated carbocycles. The molecular formula is C22H28ClN7O. The number of aromatic nitrogens is 3. The number of piperazine rings is 1. The summed E-state index contributed by atoms with van der Waals surface area (Å²) in [6.07, 6.45) is 2.30. The molecule has 4 rings (SSSR count). The number of rotatable bonds is 6. The van der Waals surface area contributed by atoms with Crippen molar-refractivity contribution in [3.63, 3.8) is 0 Å². The van der Waals surface area contributed by atoms with Gasteiger partial charge in [0, 0.05) is 56.4 Å². The summed E-state index contributed by atoms with van der Waals surface area (Å²) in [5.74, 6) is 2.97. The summed E-state index contributed by atoms with van der Waals surface area (Å²) >= 11 is 6.21. The Bertz CT molecular complexity index is 1010. The minimum absolute atomic E-state index is 0.573. The van der Waals surface area contributed by atoms with E-state index in [0.29, 0.717) is 24.6 Å². The lowest BCUT2D eigenvalue weighted by atomic mass is 10.1. The Kier molecular flexibility index (Phi) is 6.76. The molecule has 164 valence electrons. The van der Waals surface area contributed by atoms with Gasteiger partial charge < -0.3 is 19.5 Å². The third kappa shape index (κ3) is 5.19. The van der Waals surface area contributed by atoms with Crippen molar-refractivity contribution < 1.29 is 4.42 Å². The number of aliphatic imine (C=N–C) groups is 1. The summed E-state index contributed by atoms with van der Waals surface area (Å²) in [7, 11) is 0. The number of aryl methyl sites for hydroxylation is 1. The van der Waals surface area contributed by atoms with Gasteiger partial charge in [0.25, 0.3) is 0 Å². The number of furan rings is 1. The molecule has 2 aromatic heterocycles. The maximum Gasteiger partial charge on any atom is 0.216 e. The van der Waals surface area contributed by atoms with E-state index in [4.69, 9.17) is 21.0 Å². The molecule has 0 amide bonds. The monoisotopic (exact) mass is 441 g/mol. The van der Waals surface area contributed by atoms with E-state index in [9.17, 15) is 0 Å². The van der Waals surface area contributed by atoms with Gasteiger partial charge in [0.05, 0.1) is 6.26 Å². The highest BCUT2D eigenvalue weighted by Gasteiger charge is 2.21. The van der Waals surface area contributed by atoms with E-state index in [1.165, 1.54) is 11.3 Å². The van der Waals surface area contributed by atoms with Crippen LogP contribution in [0.2, 0.25) is 5.02 Å². The van der Waals surface area contributed by atoms with Gasteiger partial charge in [-0.2, -0.15) is 5.10 Å². The minimum atomic E-state index is 0.573. The third-order valence-corrected chi connectivity index (χ3v) is 5.54. The van der Waals surface area contributed by atoms with Crippen LogP contribution in [0.3, 0.4) is 0 Å². The molecule has 31 heavy (non-hydrogen) atoms. The quantitative estimate of drug-likeness (QED) is 0.450. The van der Waals surface area contributed by atoms with E-state index in [1.54, 1.807) is 6.26 Å². The molecule has 0 aliphatic carbocycles. The van der Waals surface area contributed by atoms with Crippen LogP contribution < -0.4 is 10.2 Å². The molecule has 0 atom stereocenters. The number of halogens is 1. The van der Waals surface area contributed by atoms with Gasteiger partial charge in [0.15, 0.2) is 11.7 Å². The second-order valence-electron chi connectivity index (χ2n) is 7.47. The Morgan fingerprint density at radius 3 is 2.84 bits per heavy atom. The van der Waals surface area contributed by atoms with E-state index in [0.717, 1.165) is 49.5 Å². The zero-order chi connectivity index (χ0) is 21.6. The van der Waals surface area contributed by atoms with Gasteiger partial charge in [-0.05, 0) is 43.7 Å². The number of hydrogen-bond donors (Lipinski definition) is 2. The van der Waals surface area contributed by atoms with Crippen LogP contribution in [-0.4, -0.2) is 65.3 Å². The highest BCUT2D eigenvalue weighted by Crippen LogP contribution is 2.25. The van der Waals surface area contributed by atoms with E-state index < -0.39 is 0 Å². The van der Waals surface area contributed by atoms with Crippen LogP contribution in [0, 0.1) is 6.92 Å². The fourth-order valence-electron chi connectivity index (χ4n) is 3.70. The molecule has 0 radical (unpaired) electrons. The second-order valence-corrected chi connectivity index (χ2v) is 7.91. The second kappa shape index (κ2) is 9.87. The molecule has 1 saturated heterocycles. The standard InChI is InChI=1S/C22H28ClN7O/c1-3-24-22(25-9-8-20-26-21(28-27-20)19-5-4-14-31-19)30-12-10-29(11-13-30)18-15-17(23)7-6-16(18)2/h4-7,14-15H,3,8-13H2,1-2H3,(H,24,25)(H,26,27,28). The summed E-state index contributed by atoms with van der Waals surface area (Å²) in [6, 6.07) is 9.75. The van der Waals surface area contributed by atoms with Gasteiger partial charge in [-0.15, -0.1) is 0 Å². The molecule has 0 spiro atoms. The highest BCUT2D eigenvalue weighted by molar-refractivity contribution is 6.30. The van der Waals surface area contributed by atoms with Crippen LogP contribution >= 0.6 is 11.6 Å². The van der Waals surface area contributed by atoms with Gasteiger partial charge in [-0.1, -0.05) is 17.7 Å². The van der Waals surface area contributed by atoms with Crippen LogP contribution in [0.4, 0.5) is 5.69 Å². The Labute approximate surface area is 187 Å². The third-order valence-electron chi connectivity index (χ3n) is 5.31. The molecule has 1 aliphatic heterocycles. The number of anilines is 1. The fraction of sp³-hybridized carbons (Fsp3) is 0.409. The first-order chi connectivity index (χ1) is 15.1. The first-order valence-corrected chi connectivity index (χ1v) is 11.0. The number of nitrogens with zero attached hydrogens (tertiary/aromatic N) is 5. The van der Waals surface area contributed by atoms with E-state index in [-0.39, 0.29) is 0 Å². The summed E-state index contributed by atoms with van der Waals surface area (Å²) < 4.78 is 5.34. The summed E-state index contributed by atoms with van der Waals surface area (Å²) in [6.45, 7) is 9.35. The number of aromatic amines is 1. The van der Waals surface area contributed by atoms with Crippen molar-refractivity contribution >= 4 is 23.2 Å². The molecular weight excluding hydrogens is 414 g/mol. The van der Waals surface area contributed by atoms with Crippen molar-refractivity contribution in [2.24, 2.45) is 4.99 Å². The number of hydrogen-bond acceptors (Lipinski definition) is 5. The van der Waals surface area contributed by atoms with Crippen LogP contribution in [0.5, 0.6) is 0 Å². The molecule has 3 aromatic rings. The number of nitrogens with one attached hydrogen (secondary N) is 2. The smallest absolute Gasteiger partial charge is 0.216 e. The van der Waals surface area contributed by atoms with Crippen LogP contribution in [0.1, 0.15) is 18.3 Å². The topological polar surface area (TPSA) is 85.6 Å². The van der Waals surface area contributed by atoms with Crippen LogP contribution in [-0.2, 0) is 6.42 Å². The van der Waals surface area contributed by atoms with E-state index >= 15 is 0 Å². The van der Waals surface area contributed by atoms with Crippen molar-refractivity contribution in [2.75, 3.05) is 44.2 Å². The molecule has 3 heterocycles. The van der Waals surface area contributed by atoms with Crippen molar-refractivity contribution in [3.8, 4) is 11.6 Å². The van der Waals surface area contributed by atoms with E-state index in [2.05, 4.69) is 56.3 Å². The zero-order valence-corrected chi connectivity index (χ0v) is 18.7. The van der Waals surface area contributed by atoms with Crippen molar-refractivity contribution in [3.05, 3.63) is 53.0 Å². The first kappa shape index (κ1) is 21.2. The van der Waals surface area contributed by atoms with E-state index in [1.807, 2.05) is 18.2 Å². The Hall–Kier alpha value is -3.00. The number of H-pyrrole nitrogens is 1. The molecule has 8 nitrogen and oxygen atoms in total. The Balaban J connectivity index is 1.34. The lowest BCUT2D eigenvalue weighted by molar-refractivity contribution is 0.372. The lowest BCUT2D eigenvalue weighted by Crippen LogP contribution is -2.52. The molecule has 0 unspecified atom stereocenters. The highest BCUT2D eigenvalue weighted by atomic mass is 35.5. The van der Waals surface area contributed by atoms with Crippen LogP contribution in [0.25, 0.3) is 11.6 Å². The number of benzene rings is 1. The normalized spacial score (nSPS) is 14.9. The van der Waals surface area contributed by atoms with Gasteiger partial charge in [0.2, 0.25) is 5.82 Å². The molecule has 1 aliphatic rings. The zero-order valence-electron chi connectivity index (χ0n) is 17.9. The maximum atomic E-state index is 6.21. The molecule has 1 aromatic carbocycles. The van der Waals surface area contributed by atoms with Crippen LogP contribution in [0.15, 0.2) is 46.0 Å². The summed E-state index contributed by atoms with van der Waals surface area (Å²) in [5, 5.41) is 11.4. The fourth-order valence-corrected chi connectivity index (χ4v) is 3.87. The predicted molar refractivity (Wildman–Crippen MR) is 124 cm³/mol. The number of guanidine groups is 1. The molecule has 1 fully saturated rings. The van der Waals surface area contributed by atoms with Crippen molar-refractivity contribution in [1.82, 2.24) is 25.4 Å². The SMILES string of the molecule is CCNC(=NCCc1nc(-c2ccco2)n[nH]1)N1CCN(c2cc(Cl)ccc2C)CC1. The minimum Gasteiger partial charge on any atom is -0.461 e. The lowest BCUT2D eigenvalue weighted by Gasteiger charge is -2.38. The van der Waals surface area contributed by atoms with Gasteiger partial charge in [0.1, 0.15) is 5.82 Å².